The molecule has 1 aliphatic carbocycles. The topological polar surface area (TPSA) is 101 Å². The van der Waals surface area contributed by atoms with E-state index in [0.29, 0.717) is 15.7 Å². The number of carbonyl (C=O) groups excluding carboxylic acids is 1. The molecule has 0 saturated carbocycles. The SMILES string of the molecule is CC(=O)N1CC(F)(F)c2c(Sc3ncc(N4CCC5(CC4)Cc4ccccc4[C@H]5N)nc3N)cccc21. The lowest BCUT2D eigenvalue weighted by atomic mass is 9.73. The van der Waals surface area contributed by atoms with Crippen LogP contribution in [-0.2, 0) is 17.1 Å². The molecular weight excluding hydrogens is 494 g/mol. The molecule has 6 rings (SSSR count). The lowest BCUT2D eigenvalue weighted by molar-refractivity contribution is -0.117. The largest absolute Gasteiger partial charge is 0.381 e. The Bertz CT molecular complexity index is 1390. The van der Waals surface area contributed by atoms with E-state index >= 15 is 0 Å². The molecule has 192 valence electrons. The van der Waals surface area contributed by atoms with Gasteiger partial charge in [-0.3, -0.25) is 4.79 Å². The molecule has 0 bridgehead atoms. The number of carbonyl (C=O) groups is 1. The highest BCUT2D eigenvalue weighted by Crippen LogP contribution is 2.51. The van der Waals surface area contributed by atoms with E-state index in [2.05, 4.69) is 39.1 Å². The Labute approximate surface area is 218 Å². The van der Waals surface area contributed by atoms with Gasteiger partial charge in [0, 0.05) is 31.0 Å². The van der Waals surface area contributed by atoms with Crippen LogP contribution in [0, 0.1) is 5.41 Å². The van der Waals surface area contributed by atoms with Gasteiger partial charge in [0.15, 0.2) is 5.82 Å². The fraction of sp³-hybridized carbons (Fsp3) is 0.370. The standard InChI is InChI=1S/C27H28F2N6OS/c1-16(36)35-15-27(28,29)22-19(35)7-4-8-20(22)37-25-24(31)33-21(14-32-25)34-11-9-26(10-12-34)13-17-5-2-3-6-18(17)23(26)30/h2-8,14,23H,9-13,15,30H2,1H3,(H2,31,33)/t23-/m1/s1. The summed E-state index contributed by atoms with van der Waals surface area (Å²) in [6, 6.07) is 13.3. The predicted molar refractivity (Wildman–Crippen MR) is 140 cm³/mol. The minimum absolute atomic E-state index is 0.0328. The first kappa shape index (κ1) is 24.1. The van der Waals surface area contributed by atoms with Gasteiger partial charge in [-0.1, -0.05) is 42.1 Å². The van der Waals surface area contributed by atoms with Gasteiger partial charge in [0.2, 0.25) is 5.91 Å². The van der Waals surface area contributed by atoms with Crippen LogP contribution in [0.1, 0.15) is 42.5 Å². The Balaban J connectivity index is 1.19. The van der Waals surface area contributed by atoms with Crippen LogP contribution in [0.5, 0.6) is 0 Å². The number of hydrogen-bond acceptors (Lipinski definition) is 7. The van der Waals surface area contributed by atoms with E-state index in [1.54, 1.807) is 18.3 Å². The molecule has 4 N–H and O–H groups in total. The Morgan fingerprint density at radius 3 is 2.59 bits per heavy atom. The summed E-state index contributed by atoms with van der Waals surface area (Å²) in [5, 5.41) is 0.357. The summed E-state index contributed by atoms with van der Waals surface area (Å²) in [5.74, 6) is -2.71. The number of rotatable bonds is 3. The molecule has 0 unspecified atom stereocenters. The van der Waals surface area contributed by atoms with Gasteiger partial charge in [0.05, 0.1) is 24.0 Å². The minimum Gasteiger partial charge on any atom is -0.381 e. The van der Waals surface area contributed by atoms with Gasteiger partial charge in [0.1, 0.15) is 10.8 Å². The number of piperidine rings is 1. The van der Waals surface area contributed by atoms with Gasteiger partial charge >= 0.3 is 0 Å². The first-order valence-corrected chi connectivity index (χ1v) is 13.2. The third-order valence-corrected chi connectivity index (χ3v) is 9.10. The lowest BCUT2D eigenvalue weighted by Gasteiger charge is -2.42. The van der Waals surface area contributed by atoms with Crippen LogP contribution < -0.4 is 21.3 Å². The number of anilines is 3. The van der Waals surface area contributed by atoms with Crippen LogP contribution >= 0.6 is 11.8 Å². The van der Waals surface area contributed by atoms with Crippen molar-refractivity contribution in [2.75, 3.05) is 35.2 Å². The van der Waals surface area contributed by atoms with Gasteiger partial charge in [0.25, 0.3) is 5.92 Å². The molecule has 3 aliphatic rings. The maximum absolute atomic E-state index is 14.9. The smallest absolute Gasteiger partial charge is 0.293 e. The number of nitrogens with zero attached hydrogens (tertiary/aromatic N) is 4. The van der Waals surface area contributed by atoms with Crippen LogP contribution in [0.2, 0.25) is 0 Å². The van der Waals surface area contributed by atoms with E-state index in [9.17, 15) is 13.6 Å². The summed E-state index contributed by atoms with van der Waals surface area (Å²) in [6.45, 7) is 2.21. The van der Waals surface area contributed by atoms with Crippen molar-refractivity contribution in [1.82, 2.24) is 9.97 Å². The van der Waals surface area contributed by atoms with Gasteiger partial charge < -0.3 is 21.3 Å². The number of fused-ring (bicyclic) bond motifs is 2. The van der Waals surface area contributed by atoms with Crippen LogP contribution in [0.15, 0.2) is 58.6 Å². The van der Waals surface area contributed by atoms with Gasteiger partial charge in [-0.15, -0.1) is 0 Å². The molecule has 2 aromatic carbocycles. The second-order valence-corrected chi connectivity index (χ2v) is 11.2. The van der Waals surface area contributed by atoms with Crippen molar-refractivity contribution in [2.24, 2.45) is 11.1 Å². The summed E-state index contributed by atoms with van der Waals surface area (Å²) in [7, 11) is 0. The van der Waals surface area contributed by atoms with E-state index < -0.39 is 18.4 Å². The average molecular weight is 523 g/mol. The van der Waals surface area contributed by atoms with Crippen molar-refractivity contribution in [3.63, 3.8) is 0 Å². The van der Waals surface area contributed by atoms with Crippen LogP contribution in [0.3, 0.4) is 0 Å². The highest BCUT2D eigenvalue weighted by atomic mass is 32.2. The molecule has 7 nitrogen and oxygen atoms in total. The second kappa shape index (κ2) is 8.66. The molecule has 0 radical (unpaired) electrons. The van der Waals surface area contributed by atoms with E-state index in [-0.39, 0.29) is 28.5 Å². The van der Waals surface area contributed by atoms with Crippen molar-refractivity contribution in [1.29, 1.82) is 0 Å². The Morgan fingerprint density at radius 1 is 1.14 bits per heavy atom. The number of aromatic nitrogens is 2. The molecular formula is C27H28F2N6OS. The fourth-order valence-electron chi connectivity index (χ4n) is 6.05. The molecule has 1 saturated heterocycles. The van der Waals surface area contributed by atoms with Crippen LogP contribution in [0.25, 0.3) is 0 Å². The highest BCUT2D eigenvalue weighted by molar-refractivity contribution is 7.99. The van der Waals surface area contributed by atoms with Gasteiger partial charge in [-0.05, 0) is 47.9 Å². The molecule has 1 atom stereocenters. The zero-order chi connectivity index (χ0) is 25.9. The summed E-state index contributed by atoms with van der Waals surface area (Å²) < 4.78 is 29.7. The van der Waals surface area contributed by atoms with Gasteiger partial charge in [-0.25, -0.2) is 9.97 Å². The minimum atomic E-state index is -3.16. The zero-order valence-corrected chi connectivity index (χ0v) is 21.3. The first-order chi connectivity index (χ1) is 17.7. The van der Waals surface area contributed by atoms with Gasteiger partial charge in [-0.2, -0.15) is 8.78 Å². The number of halogens is 2. The Kier molecular flexibility index (Phi) is 5.65. The molecule has 3 heterocycles. The summed E-state index contributed by atoms with van der Waals surface area (Å²) in [4.78, 5) is 24.6. The number of nitrogens with two attached hydrogens (primary N) is 2. The second-order valence-electron chi connectivity index (χ2n) is 10.2. The van der Waals surface area contributed by atoms with E-state index in [1.165, 1.54) is 24.1 Å². The maximum Gasteiger partial charge on any atom is 0.293 e. The van der Waals surface area contributed by atoms with Crippen molar-refractivity contribution in [3.05, 3.63) is 65.4 Å². The molecule has 37 heavy (non-hydrogen) atoms. The van der Waals surface area contributed by atoms with Crippen molar-refractivity contribution >= 4 is 35.0 Å². The average Bonchev–Trinajstić information content (AvgIpc) is 3.32. The number of amides is 1. The normalized spacial score (nSPS) is 21.2. The molecule has 10 heteroatoms. The number of benzene rings is 2. The monoisotopic (exact) mass is 522 g/mol. The molecule has 1 amide bonds. The Morgan fingerprint density at radius 2 is 1.89 bits per heavy atom. The molecule has 2 aliphatic heterocycles. The molecule has 3 aromatic rings. The predicted octanol–water partition coefficient (Wildman–Crippen LogP) is 4.51. The van der Waals surface area contributed by atoms with Crippen molar-refractivity contribution in [3.8, 4) is 0 Å². The molecule has 1 aromatic heterocycles. The van der Waals surface area contributed by atoms with E-state index in [0.717, 1.165) is 49.0 Å². The lowest BCUT2D eigenvalue weighted by Crippen LogP contribution is -2.44. The molecule has 1 spiro atoms. The summed E-state index contributed by atoms with van der Waals surface area (Å²) in [6.07, 6.45) is 4.54. The quantitative estimate of drug-likeness (QED) is 0.522. The van der Waals surface area contributed by atoms with Crippen LogP contribution in [0.4, 0.5) is 26.1 Å². The van der Waals surface area contributed by atoms with Crippen molar-refractivity contribution in [2.45, 2.75) is 48.1 Å². The number of alkyl halides is 2. The summed E-state index contributed by atoms with van der Waals surface area (Å²) in [5.41, 5.74) is 15.7. The number of hydrogen-bond donors (Lipinski definition) is 2. The zero-order valence-electron chi connectivity index (χ0n) is 20.5. The maximum atomic E-state index is 14.9. The van der Waals surface area contributed by atoms with E-state index in [1.807, 2.05) is 0 Å². The molecule has 1 fully saturated rings. The van der Waals surface area contributed by atoms with E-state index in [4.69, 9.17) is 11.5 Å². The van der Waals surface area contributed by atoms with Crippen LogP contribution in [-0.4, -0.2) is 35.5 Å². The first-order valence-electron chi connectivity index (χ1n) is 12.4. The Hall–Kier alpha value is -3.24. The summed E-state index contributed by atoms with van der Waals surface area (Å²) >= 11 is 1.05. The fourth-order valence-corrected chi connectivity index (χ4v) is 7.01. The number of nitrogen functional groups attached to an aromatic ring is 1. The third kappa shape index (κ3) is 3.93. The van der Waals surface area contributed by atoms with Crippen molar-refractivity contribution < 1.29 is 13.6 Å². The highest BCUT2D eigenvalue weighted by Gasteiger charge is 2.48. The third-order valence-electron chi connectivity index (χ3n) is 8.03.